The standard InChI is InChI=1S/C33H26ClFO2S/c1-2-31(22-9-7-10-23(34)20-22)38(36,37)32-19-18-27-26-15-14-21-8-3-4-11-24(21)25(26)16-17-28(27)33(32)29-12-5-6-13-30(29)35/h2,4-7,9-13,16-20,31H,1,3,8,14-15H2. The molecule has 0 heterocycles. The predicted octanol–water partition coefficient (Wildman–Crippen LogP) is 9.05. The van der Waals surface area contributed by atoms with Crippen LogP contribution < -0.4 is 0 Å². The molecule has 2 nitrogen and oxygen atoms in total. The maximum absolute atomic E-state index is 15.3. The molecule has 0 aromatic heterocycles. The van der Waals surface area contributed by atoms with Crippen LogP contribution in [0.2, 0.25) is 5.02 Å². The number of rotatable bonds is 5. The summed E-state index contributed by atoms with van der Waals surface area (Å²) in [6.07, 6.45) is 9.83. The molecule has 0 spiro atoms. The van der Waals surface area contributed by atoms with E-state index in [4.69, 9.17) is 11.6 Å². The van der Waals surface area contributed by atoms with Crippen LogP contribution in [0.25, 0.3) is 27.5 Å². The van der Waals surface area contributed by atoms with Crippen LogP contribution in [0.1, 0.15) is 41.2 Å². The Kier molecular flexibility index (Phi) is 6.33. The summed E-state index contributed by atoms with van der Waals surface area (Å²) in [7, 11) is -4.01. The molecule has 4 aromatic rings. The molecule has 2 aliphatic rings. The van der Waals surface area contributed by atoms with E-state index < -0.39 is 20.9 Å². The summed E-state index contributed by atoms with van der Waals surface area (Å²) in [4.78, 5) is 0.0770. The van der Waals surface area contributed by atoms with E-state index in [2.05, 4.69) is 24.8 Å². The van der Waals surface area contributed by atoms with Crippen molar-refractivity contribution < 1.29 is 12.8 Å². The second-order valence-electron chi connectivity index (χ2n) is 9.82. The van der Waals surface area contributed by atoms with Crippen LogP contribution in [-0.2, 0) is 16.3 Å². The molecule has 1 atom stereocenters. The summed E-state index contributed by atoms with van der Waals surface area (Å²) >= 11 is 6.20. The average Bonchev–Trinajstić information content (AvgIpc) is 2.92. The number of hydrogen-bond acceptors (Lipinski definition) is 2. The van der Waals surface area contributed by atoms with E-state index in [1.165, 1.54) is 34.4 Å². The van der Waals surface area contributed by atoms with Crippen molar-refractivity contribution >= 4 is 37.8 Å². The first kappa shape index (κ1) is 24.8. The fraction of sp³-hybridized carbons (Fsp3) is 0.152. The molecular formula is C33H26ClFO2S. The molecule has 6 rings (SSSR count). The highest BCUT2D eigenvalue weighted by atomic mass is 35.5. The van der Waals surface area contributed by atoms with Gasteiger partial charge in [0.2, 0.25) is 0 Å². The number of sulfone groups is 1. The third kappa shape index (κ3) is 4.03. The van der Waals surface area contributed by atoms with Crippen molar-refractivity contribution in [2.75, 3.05) is 0 Å². The van der Waals surface area contributed by atoms with Crippen molar-refractivity contribution in [3.05, 3.63) is 131 Å². The summed E-state index contributed by atoms with van der Waals surface area (Å²) in [6, 6.07) is 20.7. The largest absolute Gasteiger partial charge is 0.223 e. The fourth-order valence-corrected chi connectivity index (χ4v) is 7.93. The molecule has 0 saturated heterocycles. The first-order valence-electron chi connectivity index (χ1n) is 12.7. The highest BCUT2D eigenvalue weighted by Crippen LogP contribution is 2.45. The number of benzene rings is 4. The Labute approximate surface area is 227 Å². The average molecular weight is 541 g/mol. The normalized spacial score (nSPS) is 15.7. The van der Waals surface area contributed by atoms with E-state index in [0.29, 0.717) is 16.1 Å². The van der Waals surface area contributed by atoms with Crippen LogP contribution in [0.15, 0.2) is 108 Å². The molecule has 0 saturated carbocycles. The van der Waals surface area contributed by atoms with Crippen molar-refractivity contribution in [3.8, 4) is 11.1 Å². The smallest absolute Gasteiger partial charge is 0.189 e. The Morgan fingerprint density at radius 3 is 2.50 bits per heavy atom. The molecule has 4 aromatic carbocycles. The monoisotopic (exact) mass is 540 g/mol. The van der Waals surface area contributed by atoms with Gasteiger partial charge in [0.15, 0.2) is 9.84 Å². The van der Waals surface area contributed by atoms with Crippen LogP contribution in [-0.4, -0.2) is 8.42 Å². The predicted molar refractivity (Wildman–Crippen MR) is 155 cm³/mol. The third-order valence-electron chi connectivity index (χ3n) is 7.69. The van der Waals surface area contributed by atoms with Crippen molar-refractivity contribution in [2.45, 2.75) is 35.8 Å². The molecule has 2 aliphatic carbocycles. The first-order chi connectivity index (χ1) is 18.4. The van der Waals surface area contributed by atoms with Crippen molar-refractivity contribution in [1.29, 1.82) is 0 Å². The molecule has 38 heavy (non-hydrogen) atoms. The zero-order valence-electron chi connectivity index (χ0n) is 20.8. The highest BCUT2D eigenvalue weighted by Gasteiger charge is 2.32. The highest BCUT2D eigenvalue weighted by molar-refractivity contribution is 7.92. The van der Waals surface area contributed by atoms with Gasteiger partial charge in [-0.25, -0.2) is 12.8 Å². The van der Waals surface area contributed by atoms with Crippen LogP contribution in [0.3, 0.4) is 0 Å². The summed E-state index contributed by atoms with van der Waals surface area (Å²) in [5.74, 6) is -0.465. The minimum Gasteiger partial charge on any atom is -0.223 e. The number of halogens is 2. The maximum atomic E-state index is 15.3. The summed E-state index contributed by atoms with van der Waals surface area (Å²) in [5, 5.41) is 1.09. The van der Waals surface area contributed by atoms with E-state index in [1.54, 1.807) is 48.5 Å². The summed E-state index contributed by atoms with van der Waals surface area (Å²) in [6.45, 7) is 3.83. The Morgan fingerprint density at radius 1 is 0.895 bits per heavy atom. The molecule has 0 bridgehead atoms. The topological polar surface area (TPSA) is 34.1 Å². The Morgan fingerprint density at radius 2 is 1.71 bits per heavy atom. The van der Waals surface area contributed by atoms with Gasteiger partial charge in [0.05, 0.1) is 4.90 Å². The fourth-order valence-electron chi connectivity index (χ4n) is 5.94. The first-order valence-corrected chi connectivity index (χ1v) is 14.7. The zero-order valence-corrected chi connectivity index (χ0v) is 22.3. The molecule has 190 valence electrons. The van der Waals surface area contributed by atoms with Crippen molar-refractivity contribution in [3.63, 3.8) is 0 Å². The van der Waals surface area contributed by atoms with Crippen LogP contribution in [0.4, 0.5) is 4.39 Å². The van der Waals surface area contributed by atoms with Gasteiger partial charge in [-0.1, -0.05) is 83.9 Å². The van der Waals surface area contributed by atoms with Crippen molar-refractivity contribution in [2.24, 2.45) is 0 Å². The lowest BCUT2D eigenvalue weighted by molar-refractivity contribution is 0.590. The van der Waals surface area contributed by atoms with Gasteiger partial charge in [0, 0.05) is 16.1 Å². The molecule has 5 heteroatoms. The lowest BCUT2D eigenvalue weighted by Crippen LogP contribution is -2.14. The second-order valence-corrected chi connectivity index (χ2v) is 12.3. The molecule has 0 radical (unpaired) electrons. The minimum absolute atomic E-state index is 0.0770. The van der Waals surface area contributed by atoms with Gasteiger partial charge >= 0.3 is 0 Å². The maximum Gasteiger partial charge on any atom is 0.189 e. The van der Waals surface area contributed by atoms with Gasteiger partial charge in [-0.2, -0.15) is 0 Å². The number of allylic oxidation sites excluding steroid dienone is 4. The van der Waals surface area contributed by atoms with Gasteiger partial charge < -0.3 is 0 Å². The molecule has 0 amide bonds. The van der Waals surface area contributed by atoms with E-state index in [-0.39, 0.29) is 10.5 Å². The van der Waals surface area contributed by atoms with E-state index >= 15 is 4.39 Å². The Hall–Kier alpha value is -3.47. The SMILES string of the molecule is C=CC(c1cccc(Cl)c1)S(=O)(=O)c1ccc2c3c(ccc2c1-c1ccccc1F)C1=C(CCC=C1)CC3. The van der Waals surface area contributed by atoms with E-state index in [1.807, 2.05) is 12.1 Å². The van der Waals surface area contributed by atoms with Crippen LogP contribution >= 0.6 is 11.6 Å². The minimum atomic E-state index is -4.01. The second kappa shape index (κ2) is 9.68. The van der Waals surface area contributed by atoms with E-state index in [0.717, 1.165) is 36.5 Å². The Balaban J connectivity index is 1.64. The molecule has 0 fully saturated rings. The zero-order chi connectivity index (χ0) is 26.4. The van der Waals surface area contributed by atoms with Crippen LogP contribution in [0.5, 0.6) is 0 Å². The summed E-state index contributed by atoms with van der Waals surface area (Å²) < 4.78 is 43.8. The Bertz CT molecular complexity index is 1780. The lowest BCUT2D eigenvalue weighted by atomic mass is 9.79. The molecule has 1 unspecified atom stereocenters. The number of fused-ring (bicyclic) bond motifs is 4. The number of aryl methyl sites for hydroxylation is 1. The van der Waals surface area contributed by atoms with Crippen molar-refractivity contribution in [1.82, 2.24) is 0 Å². The lowest BCUT2D eigenvalue weighted by Gasteiger charge is -2.26. The summed E-state index contributed by atoms with van der Waals surface area (Å²) in [5.41, 5.74) is 6.28. The van der Waals surface area contributed by atoms with Gasteiger partial charge in [0.1, 0.15) is 11.1 Å². The van der Waals surface area contributed by atoms with Gasteiger partial charge in [-0.3, -0.25) is 0 Å². The number of hydrogen-bond donors (Lipinski definition) is 0. The molecule has 0 aliphatic heterocycles. The van der Waals surface area contributed by atoms with E-state index in [9.17, 15) is 8.42 Å². The van der Waals surface area contributed by atoms with Gasteiger partial charge in [-0.05, 0) is 83.0 Å². The third-order valence-corrected chi connectivity index (χ3v) is 10.0. The van der Waals surface area contributed by atoms with Gasteiger partial charge in [0.25, 0.3) is 0 Å². The van der Waals surface area contributed by atoms with Gasteiger partial charge in [-0.15, -0.1) is 6.58 Å². The quantitative estimate of drug-likeness (QED) is 0.237. The molecule has 0 N–H and O–H groups in total. The molecular weight excluding hydrogens is 515 g/mol. The van der Waals surface area contributed by atoms with Crippen LogP contribution in [0, 0.1) is 5.82 Å².